The number of anilines is 1. The van der Waals surface area contributed by atoms with Gasteiger partial charge < -0.3 is 14.6 Å². The number of carboxylic acid groups (broad SMARTS) is 1. The largest absolute Gasteiger partial charge is 0.495 e. The van der Waals surface area contributed by atoms with Crippen LogP contribution in [-0.2, 0) is 0 Å². The summed E-state index contributed by atoms with van der Waals surface area (Å²) in [6, 6.07) is 11.0. The number of hydrogen-bond donors (Lipinski definition) is 2. The number of halogens is 1. The maximum atomic E-state index is 14.1. The van der Waals surface area contributed by atoms with E-state index < -0.39 is 17.3 Å². The van der Waals surface area contributed by atoms with Crippen LogP contribution in [0.3, 0.4) is 0 Å². The number of carbonyl (C=O) groups is 1. The second kappa shape index (κ2) is 9.73. The van der Waals surface area contributed by atoms with Gasteiger partial charge in [-0.15, -0.1) is 11.3 Å². The van der Waals surface area contributed by atoms with Gasteiger partial charge >= 0.3 is 5.97 Å². The fraction of sp³-hybridized carbons (Fsp3) is 0.360. The van der Waals surface area contributed by atoms with Crippen LogP contribution in [0.5, 0.6) is 5.75 Å². The molecule has 0 unspecified atom stereocenters. The van der Waals surface area contributed by atoms with E-state index in [-0.39, 0.29) is 5.75 Å². The van der Waals surface area contributed by atoms with E-state index in [4.69, 9.17) is 9.84 Å². The summed E-state index contributed by atoms with van der Waals surface area (Å²) < 4.78 is 22.3. The summed E-state index contributed by atoms with van der Waals surface area (Å²) >= 11 is 2.77. The Balaban J connectivity index is 1.41. The van der Waals surface area contributed by atoms with E-state index in [2.05, 4.69) is 47.8 Å². The zero-order valence-electron chi connectivity index (χ0n) is 18.9. The lowest BCUT2D eigenvalue weighted by atomic mass is 9.71. The van der Waals surface area contributed by atoms with Crippen LogP contribution in [-0.4, -0.2) is 23.2 Å². The van der Waals surface area contributed by atoms with Crippen LogP contribution in [0.2, 0.25) is 0 Å². The van der Waals surface area contributed by atoms with E-state index in [1.54, 1.807) is 11.3 Å². The number of benzene rings is 2. The van der Waals surface area contributed by atoms with Gasteiger partial charge in [-0.1, -0.05) is 38.1 Å². The molecule has 0 aliphatic heterocycles. The van der Waals surface area contributed by atoms with Gasteiger partial charge in [-0.3, -0.25) is 0 Å². The van der Waals surface area contributed by atoms with Gasteiger partial charge in [-0.2, -0.15) is 0 Å². The smallest absolute Gasteiger partial charge is 0.338 e. The number of aromatic nitrogens is 1. The van der Waals surface area contributed by atoms with Crippen molar-refractivity contribution in [1.82, 2.24) is 4.98 Å². The van der Waals surface area contributed by atoms with Crippen molar-refractivity contribution in [2.75, 3.05) is 11.8 Å². The molecule has 1 fully saturated rings. The summed E-state index contributed by atoms with van der Waals surface area (Å²) in [6.45, 7) is 4.72. The molecule has 1 saturated carbocycles. The molecule has 2 N–H and O–H groups in total. The summed E-state index contributed by atoms with van der Waals surface area (Å²) in [5, 5.41) is 12.7. The first-order valence-electron chi connectivity index (χ1n) is 10.9. The van der Waals surface area contributed by atoms with Gasteiger partial charge in [0, 0.05) is 29.0 Å². The van der Waals surface area contributed by atoms with Crippen molar-refractivity contribution in [3.8, 4) is 16.3 Å². The summed E-state index contributed by atoms with van der Waals surface area (Å²) in [7, 11) is 1.41. The molecule has 2 aromatic carbocycles. The fourth-order valence-electron chi connectivity index (χ4n) is 4.14. The molecule has 4 rings (SSSR count). The van der Waals surface area contributed by atoms with Crippen molar-refractivity contribution >= 4 is 34.9 Å². The number of rotatable bonds is 7. The maximum Gasteiger partial charge on any atom is 0.338 e. The quantitative estimate of drug-likeness (QED) is 0.338. The molecule has 0 bridgehead atoms. The molecule has 3 aromatic rings. The summed E-state index contributed by atoms with van der Waals surface area (Å²) in [5.74, 6) is -1.28. The number of hydrogen-bond acceptors (Lipinski definition) is 6. The SMILES string of the molecule is COc1cc(C(=O)O)c(F)cc1NSc1csc(-c2ccc(C3CCC(C)(C)CC3)cc2)n1. The van der Waals surface area contributed by atoms with Crippen molar-refractivity contribution in [1.29, 1.82) is 0 Å². The van der Waals surface area contributed by atoms with Crippen LogP contribution in [0, 0.1) is 11.2 Å². The minimum absolute atomic E-state index is 0.249. The number of thiazole rings is 1. The highest BCUT2D eigenvalue weighted by molar-refractivity contribution is 8.00. The minimum atomic E-state index is -1.34. The Labute approximate surface area is 201 Å². The highest BCUT2D eigenvalue weighted by Crippen LogP contribution is 2.42. The minimum Gasteiger partial charge on any atom is -0.495 e. The third kappa shape index (κ3) is 5.50. The van der Waals surface area contributed by atoms with Gasteiger partial charge in [0.1, 0.15) is 21.6 Å². The highest BCUT2D eigenvalue weighted by Gasteiger charge is 2.27. The van der Waals surface area contributed by atoms with E-state index in [9.17, 15) is 9.18 Å². The molecule has 5 nitrogen and oxygen atoms in total. The zero-order chi connectivity index (χ0) is 23.6. The fourth-order valence-corrected chi connectivity index (χ4v) is 5.74. The second-order valence-corrected chi connectivity index (χ2v) is 10.8. The third-order valence-corrected chi connectivity index (χ3v) is 8.02. The van der Waals surface area contributed by atoms with Gasteiger partial charge in [-0.25, -0.2) is 14.2 Å². The van der Waals surface area contributed by atoms with E-state index >= 15 is 0 Å². The lowest BCUT2D eigenvalue weighted by molar-refractivity contribution is 0.0691. The van der Waals surface area contributed by atoms with Gasteiger partial charge in [0.05, 0.1) is 18.4 Å². The lowest BCUT2D eigenvalue weighted by Gasteiger charge is -2.34. The first kappa shape index (κ1) is 23.6. The number of aromatic carboxylic acids is 1. The first-order chi connectivity index (χ1) is 15.8. The van der Waals surface area contributed by atoms with Crippen molar-refractivity contribution < 1.29 is 19.0 Å². The van der Waals surface area contributed by atoms with Crippen LogP contribution >= 0.6 is 23.3 Å². The monoisotopic (exact) mass is 486 g/mol. The van der Waals surface area contributed by atoms with Gasteiger partial charge in [0.15, 0.2) is 0 Å². The number of nitrogens with zero attached hydrogens (tertiary/aromatic N) is 1. The average Bonchev–Trinajstić information content (AvgIpc) is 3.27. The standard InChI is InChI=1S/C25H27FN2O3S2/c1-25(2)10-8-16(9-11-25)15-4-6-17(7-5-15)23-27-22(14-32-23)33-28-20-13-19(26)18(24(29)30)12-21(20)31-3/h4-7,12-14,16,28H,8-11H2,1-3H3,(H,29,30). The van der Waals surface area contributed by atoms with E-state index in [1.165, 1.54) is 56.4 Å². The van der Waals surface area contributed by atoms with E-state index in [1.807, 2.05) is 5.38 Å². The molecule has 0 atom stereocenters. The van der Waals surface area contributed by atoms with Gasteiger partial charge in [0.2, 0.25) is 0 Å². The molecular weight excluding hydrogens is 459 g/mol. The summed E-state index contributed by atoms with van der Waals surface area (Å²) in [6.07, 6.45) is 5.03. The Hall–Kier alpha value is -2.58. The summed E-state index contributed by atoms with van der Waals surface area (Å²) in [5.41, 5.74) is 2.86. The molecule has 0 amide bonds. The Bertz CT molecular complexity index is 1140. The lowest BCUT2D eigenvalue weighted by Crippen LogP contribution is -2.20. The average molecular weight is 487 g/mol. The number of nitrogens with one attached hydrogen (secondary N) is 1. The Kier molecular flexibility index (Phi) is 6.95. The van der Waals surface area contributed by atoms with Crippen LogP contribution < -0.4 is 9.46 Å². The van der Waals surface area contributed by atoms with Crippen molar-refractivity contribution in [3.63, 3.8) is 0 Å². The van der Waals surface area contributed by atoms with Crippen LogP contribution in [0.4, 0.5) is 10.1 Å². The highest BCUT2D eigenvalue weighted by atomic mass is 32.2. The van der Waals surface area contributed by atoms with Crippen molar-refractivity contribution in [3.05, 3.63) is 58.7 Å². The molecule has 1 aromatic heterocycles. The second-order valence-electron chi connectivity index (χ2n) is 9.09. The Morgan fingerprint density at radius 3 is 2.58 bits per heavy atom. The van der Waals surface area contributed by atoms with Crippen LogP contribution in [0.15, 0.2) is 46.8 Å². The molecular formula is C25H27FN2O3S2. The van der Waals surface area contributed by atoms with Crippen molar-refractivity contribution in [2.24, 2.45) is 5.41 Å². The van der Waals surface area contributed by atoms with Crippen LogP contribution in [0.25, 0.3) is 10.6 Å². The van der Waals surface area contributed by atoms with E-state index in [0.717, 1.165) is 21.7 Å². The van der Waals surface area contributed by atoms with Gasteiger partial charge in [-0.05, 0) is 48.6 Å². The van der Waals surface area contributed by atoms with E-state index in [0.29, 0.717) is 17.0 Å². The first-order valence-corrected chi connectivity index (χ1v) is 12.5. The maximum absolute atomic E-state index is 14.1. The Morgan fingerprint density at radius 2 is 1.94 bits per heavy atom. The predicted octanol–water partition coefficient (Wildman–Crippen LogP) is 7.46. The molecule has 0 radical (unpaired) electrons. The number of methoxy groups -OCH3 is 1. The molecule has 174 valence electrons. The normalized spacial score (nSPS) is 15.9. The molecule has 33 heavy (non-hydrogen) atoms. The Morgan fingerprint density at radius 1 is 1.24 bits per heavy atom. The number of ether oxygens (including phenoxy) is 1. The van der Waals surface area contributed by atoms with Crippen LogP contribution in [0.1, 0.15) is 61.4 Å². The molecule has 0 spiro atoms. The molecule has 8 heteroatoms. The topological polar surface area (TPSA) is 71.5 Å². The summed E-state index contributed by atoms with van der Waals surface area (Å²) in [4.78, 5) is 15.8. The number of carboxylic acids is 1. The third-order valence-electron chi connectivity index (χ3n) is 6.24. The molecule has 1 aliphatic rings. The zero-order valence-corrected chi connectivity index (χ0v) is 20.5. The molecule has 0 saturated heterocycles. The molecule has 1 heterocycles. The van der Waals surface area contributed by atoms with Gasteiger partial charge in [0.25, 0.3) is 0 Å². The predicted molar refractivity (Wildman–Crippen MR) is 132 cm³/mol. The van der Waals surface area contributed by atoms with Crippen molar-refractivity contribution in [2.45, 2.75) is 50.5 Å². The molecule has 1 aliphatic carbocycles.